The second kappa shape index (κ2) is 2.44. The molecule has 2 heteroatoms. The van der Waals surface area contributed by atoms with E-state index in [-0.39, 0.29) is 0 Å². The molecule has 1 aliphatic rings. The molecule has 2 atom stereocenters. The van der Waals surface area contributed by atoms with E-state index in [9.17, 15) is 4.39 Å². The SMILES string of the molecule is OC1C[CH]CC(F)C1. The van der Waals surface area contributed by atoms with E-state index in [1.807, 2.05) is 0 Å². The summed E-state index contributed by atoms with van der Waals surface area (Å²) in [6.45, 7) is 0. The van der Waals surface area contributed by atoms with Crippen LogP contribution in [0.1, 0.15) is 19.3 Å². The van der Waals surface area contributed by atoms with Gasteiger partial charge in [0.15, 0.2) is 0 Å². The van der Waals surface area contributed by atoms with E-state index in [0.717, 1.165) is 0 Å². The van der Waals surface area contributed by atoms with E-state index in [1.54, 1.807) is 6.42 Å². The summed E-state index contributed by atoms with van der Waals surface area (Å²) in [7, 11) is 0. The van der Waals surface area contributed by atoms with Crippen LogP contribution in [0.4, 0.5) is 4.39 Å². The molecule has 47 valence electrons. The third-order valence-corrected chi connectivity index (χ3v) is 1.39. The number of aliphatic hydroxyl groups is 1. The van der Waals surface area contributed by atoms with Gasteiger partial charge in [0.05, 0.1) is 6.10 Å². The first-order valence-corrected chi connectivity index (χ1v) is 2.93. The summed E-state index contributed by atoms with van der Waals surface area (Å²) in [6.07, 6.45) is 2.12. The Morgan fingerprint density at radius 3 is 2.62 bits per heavy atom. The Labute approximate surface area is 48.5 Å². The van der Waals surface area contributed by atoms with Crippen LogP contribution in [0, 0.1) is 6.42 Å². The van der Waals surface area contributed by atoms with Crippen molar-refractivity contribution in [3.63, 3.8) is 0 Å². The van der Waals surface area contributed by atoms with E-state index in [4.69, 9.17) is 5.11 Å². The van der Waals surface area contributed by atoms with E-state index in [1.165, 1.54) is 0 Å². The lowest BCUT2D eigenvalue weighted by Gasteiger charge is -2.18. The Balaban J connectivity index is 2.23. The van der Waals surface area contributed by atoms with Gasteiger partial charge >= 0.3 is 0 Å². The van der Waals surface area contributed by atoms with Crippen LogP contribution in [-0.4, -0.2) is 17.4 Å². The molecule has 0 amide bonds. The quantitative estimate of drug-likeness (QED) is 0.503. The summed E-state index contributed by atoms with van der Waals surface area (Å²) < 4.78 is 12.2. The molecule has 0 bridgehead atoms. The van der Waals surface area contributed by atoms with E-state index < -0.39 is 12.3 Å². The smallest absolute Gasteiger partial charge is 0.103 e. The van der Waals surface area contributed by atoms with Gasteiger partial charge in [0.2, 0.25) is 0 Å². The van der Waals surface area contributed by atoms with Crippen molar-refractivity contribution >= 4 is 0 Å². The van der Waals surface area contributed by atoms with Gasteiger partial charge in [0.25, 0.3) is 0 Å². The molecule has 0 aromatic carbocycles. The highest BCUT2D eigenvalue weighted by atomic mass is 19.1. The van der Waals surface area contributed by atoms with Crippen LogP contribution < -0.4 is 0 Å². The average molecular weight is 117 g/mol. The van der Waals surface area contributed by atoms with Gasteiger partial charge in [-0.15, -0.1) is 0 Å². The maximum atomic E-state index is 12.2. The highest BCUT2D eigenvalue weighted by Crippen LogP contribution is 2.19. The number of aliphatic hydroxyl groups excluding tert-OH is 1. The van der Waals surface area contributed by atoms with Crippen molar-refractivity contribution in [1.29, 1.82) is 0 Å². The zero-order valence-corrected chi connectivity index (χ0v) is 4.68. The molecule has 1 radical (unpaired) electrons. The molecule has 1 N–H and O–H groups in total. The molecular formula is C6H10FO. The lowest BCUT2D eigenvalue weighted by Crippen LogP contribution is -2.20. The van der Waals surface area contributed by atoms with Crippen molar-refractivity contribution in [3.05, 3.63) is 6.42 Å². The van der Waals surface area contributed by atoms with E-state index in [2.05, 4.69) is 0 Å². The molecule has 2 unspecified atom stereocenters. The average Bonchev–Trinajstić information content (AvgIpc) is 1.64. The van der Waals surface area contributed by atoms with Crippen LogP contribution in [0.3, 0.4) is 0 Å². The molecule has 1 fully saturated rings. The lowest BCUT2D eigenvalue weighted by atomic mass is 9.96. The van der Waals surface area contributed by atoms with Crippen molar-refractivity contribution in [2.24, 2.45) is 0 Å². The predicted molar refractivity (Wildman–Crippen MR) is 29.1 cm³/mol. The van der Waals surface area contributed by atoms with Crippen LogP contribution in [-0.2, 0) is 0 Å². The molecule has 0 heterocycles. The van der Waals surface area contributed by atoms with Crippen molar-refractivity contribution in [1.82, 2.24) is 0 Å². The summed E-state index contributed by atoms with van der Waals surface area (Å²) in [6, 6.07) is 0. The maximum Gasteiger partial charge on any atom is 0.103 e. The Hall–Kier alpha value is -0.110. The first-order chi connectivity index (χ1) is 3.79. The molecule has 1 saturated carbocycles. The van der Waals surface area contributed by atoms with E-state index >= 15 is 0 Å². The minimum absolute atomic E-state index is 0.330. The normalized spacial score (nSPS) is 39.8. The van der Waals surface area contributed by atoms with Gasteiger partial charge in [-0.05, 0) is 19.3 Å². The minimum atomic E-state index is -0.793. The molecule has 1 aliphatic carbocycles. The molecule has 0 saturated heterocycles. The Morgan fingerprint density at radius 2 is 2.25 bits per heavy atom. The van der Waals surface area contributed by atoms with Gasteiger partial charge in [0.1, 0.15) is 6.17 Å². The van der Waals surface area contributed by atoms with Gasteiger partial charge in [0, 0.05) is 6.42 Å². The van der Waals surface area contributed by atoms with Crippen LogP contribution in [0.5, 0.6) is 0 Å². The largest absolute Gasteiger partial charge is 0.393 e. The fraction of sp³-hybridized carbons (Fsp3) is 0.833. The number of halogens is 1. The zero-order valence-electron chi connectivity index (χ0n) is 4.68. The van der Waals surface area contributed by atoms with Crippen molar-refractivity contribution < 1.29 is 9.50 Å². The summed E-state index contributed by atoms with van der Waals surface area (Å²) in [4.78, 5) is 0. The molecule has 0 aromatic rings. The fourth-order valence-corrected chi connectivity index (χ4v) is 0.957. The Bertz CT molecular complexity index is 66.9. The standard InChI is InChI=1S/C6H10FO/c7-5-2-1-3-6(8)4-5/h1,5-6,8H,2-4H2. The van der Waals surface area contributed by atoms with Crippen LogP contribution >= 0.6 is 0 Å². The third-order valence-electron chi connectivity index (χ3n) is 1.39. The first kappa shape index (κ1) is 6.02. The third kappa shape index (κ3) is 1.44. The van der Waals surface area contributed by atoms with Gasteiger partial charge < -0.3 is 5.11 Å². The van der Waals surface area contributed by atoms with Crippen molar-refractivity contribution in [2.45, 2.75) is 31.5 Å². The highest BCUT2D eigenvalue weighted by Gasteiger charge is 2.18. The second-order valence-corrected chi connectivity index (χ2v) is 2.25. The molecule has 8 heavy (non-hydrogen) atoms. The zero-order chi connectivity index (χ0) is 5.98. The van der Waals surface area contributed by atoms with Crippen LogP contribution in [0.25, 0.3) is 0 Å². The number of rotatable bonds is 0. The predicted octanol–water partition coefficient (Wildman–Crippen LogP) is 1.07. The Kier molecular flexibility index (Phi) is 1.84. The fourth-order valence-electron chi connectivity index (χ4n) is 0.957. The van der Waals surface area contributed by atoms with E-state index in [0.29, 0.717) is 19.3 Å². The number of hydrogen-bond acceptors (Lipinski definition) is 1. The summed E-state index contributed by atoms with van der Waals surface area (Å²) in [5, 5.41) is 8.81. The topological polar surface area (TPSA) is 20.2 Å². The molecule has 0 aromatic heterocycles. The highest BCUT2D eigenvalue weighted by molar-refractivity contribution is 4.82. The van der Waals surface area contributed by atoms with Gasteiger partial charge in [-0.2, -0.15) is 0 Å². The monoisotopic (exact) mass is 117 g/mol. The van der Waals surface area contributed by atoms with Crippen LogP contribution in [0.2, 0.25) is 0 Å². The Morgan fingerprint density at radius 1 is 1.50 bits per heavy atom. The summed E-state index contributed by atoms with van der Waals surface area (Å²) in [5.74, 6) is 0. The molecular weight excluding hydrogens is 107 g/mol. The van der Waals surface area contributed by atoms with Gasteiger partial charge in [-0.3, -0.25) is 0 Å². The second-order valence-electron chi connectivity index (χ2n) is 2.25. The minimum Gasteiger partial charge on any atom is -0.393 e. The summed E-state index contributed by atoms with van der Waals surface area (Å²) >= 11 is 0. The lowest BCUT2D eigenvalue weighted by molar-refractivity contribution is 0.104. The van der Waals surface area contributed by atoms with Gasteiger partial charge in [-0.25, -0.2) is 4.39 Å². The molecule has 1 nitrogen and oxygen atoms in total. The number of hydrogen-bond donors (Lipinski definition) is 1. The van der Waals surface area contributed by atoms with Crippen molar-refractivity contribution in [3.8, 4) is 0 Å². The maximum absolute atomic E-state index is 12.2. The molecule has 1 rings (SSSR count). The summed E-state index contributed by atoms with van der Waals surface area (Å²) in [5.41, 5.74) is 0. The van der Waals surface area contributed by atoms with Gasteiger partial charge in [-0.1, -0.05) is 0 Å². The van der Waals surface area contributed by atoms with Crippen molar-refractivity contribution in [2.75, 3.05) is 0 Å². The molecule has 0 aliphatic heterocycles. The van der Waals surface area contributed by atoms with Crippen LogP contribution in [0.15, 0.2) is 0 Å². The first-order valence-electron chi connectivity index (χ1n) is 2.93. The molecule has 0 spiro atoms. The number of alkyl halides is 1.